The molecule has 0 aromatic heterocycles. The van der Waals surface area contributed by atoms with Crippen molar-refractivity contribution in [1.82, 2.24) is 29.4 Å². The summed E-state index contributed by atoms with van der Waals surface area (Å²) < 4.78 is 10.3. The summed E-state index contributed by atoms with van der Waals surface area (Å²) in [6, 6.07) is 86.8. The van der Waals surface area contributed by atoms with Crippen LogP contribution in [0, 0.1) is 71.0 Å². The molecule has 7 aliphatic rings. The second kappa shape index (κ2) is 46.9. The van der Waals surface area contributed by atoms with Crippen LogP contribution >= 0.6 is 0 Å². The minimum Gasteiger partial charge on any atom is -0.464 e. The third kappa shape index (κ3) is 27.2. The number of ether oxygens (including phenoxy) is 2. The lowest BCUT2D eigenvalue weighted by molar-refractivity contribution is -0.148. The smallest absolute Gasteiger partial charge is 0.328 e. The van der Waals surface area contributed by atoms with E-state index in [2.05, 4.69) is 77.1 Å². The minimum absolute atomic E-state index is 0.00662. The van der Waals surface area contributed by atoms with Crippen molar-refractivity contribution < 1.29 is 52.6 Å². The fraction of sp³-hybridized carbons (Fsp3) is 0.267. The zero-order valence-electron chi connectivity index (χ0n) is 75.9. The third-order valence-corrected chi connectivity index (χ3v) is 24.2. The summed E-state index contributed by atoms with van der Waals surface area (Å²) in [7, 11) is 0. The molecule has 0 bridgehead atoms. The molecule has 0 spiro atoms. The Hall–Kier alpha value is -15.2. The van der Waals surface area contributed by atoms with Crippen molar-refractivity contribution in [3.63, 3.8) is 0 Å². The van der Waals surface area contributed by atoms with Gasteiger partial charge in [0.15, 0.2) is 5.78 Å². The molecule has 1 aliphatic carbocycles. The van der Waals surface area contributed by atoms with Gasteiger partial charge in [-0.2, -0.15) is 0 Å². The van der Waals surface area contributed by atoms with Crippen molar-refractivity contribution in [2.45, 2.75) is 105 Å². The van der Waals surface area contributed by atoms with Crippen LogP contribution in [-0.4, -0.2) is 174 Å². The first-order chi connectivity index (χ1) is 64.8. The van der Waals surface area contributed by atoms with Crippen molar-refractivity contribution in [3.8, 4) is 59.2 Å². The largest absolute Gasteiger partial charge is 0.464 e. The van der Waals surface area contributed by atoms with Crippen molar-refractivity contribution >= 4 is 53.0 Å². The quantitative estimate of drug-likeness (QED) is 0.0658. The number of rotatable bonds is 16. The van der Waals surface area contributed by atoms with E-state index in [1.54, 1.807) is 45.6 Å². The number of carbonyl (C=O) groups excluding carboxylic acids is 9. The van der Waals surface area contributed by atoms with E-state index in [0.29, 0.717) is 80.2 Å². The zero-order chi connectivity index (χ0) is 92.8. The number of Topliss-reactive ketones (excluding diaryl/α,β-unsaturated/α-hetero) is 2. The van der Waals surface area contributed by atoms with Crippen molar-refractivity contribution in [1.29, 1.82) is 0 Å². The van der Waals surface area contributed by atoms with Crippen LogP contribution in [0.15, 0.2) is 273 Å². The highest BCUT2D eigenvalue weighted by atomic mass is 16.5. The molecule has 1 saturated heterocycles. The van der Waals surface area contributed by atoms with Crippen LogP contribution in [0.3, 0.4) is 0 Å². The molecule has 0 N–H and O–H groups in total. The topological polar surface area (TPSA) is 192 Å². The van der Waals surface area contributed by atoms with Crippen LogP contribution in [0.25, 0.3) is 0 Å². The van der Waals surface area contributed by atoms with Crippen molar-refractivity contribution in [2.24, 2.45) is 11.8 Å². The monoisotopic (exact) mass is 1760 g/mol. The van der Waals surface area contributed by atoms with Gasteiger partial charge in [-0.3, -0.25) is 38.4 Å². The average molecular weight is 1760 g/mol. The zero-order valence-corrected chi connectivity index (χ0v) is 75.9. The van der Waals surface area contributed by atoms with E-state index in [-0.39, 0.29) is 73.3 Å². The van der Waals surface area contributed by atoms with Gasteiger partial charge in [0.25, 0.3) is 29.5 Å². The predicted molar refractivity (Wildman–Crippen MR) is 518 cm³/mol. The van der Waals surface area contributed by atoms with Crippen molar-refractivity contribution in [2.75, 3.05) is 85.1 Å². The number of likely N-dealkylation sites (tertiary alicyclic amines) is 1. The summed E-state index contributed by atoms with van der Waals surface area (Å²) in [5, 5.41) is 0. The van der Waals surface area contributed by atoms with E-state index < -0.39 is 12.0 Å². The van der Waals surface area contributed by atoms with Gasteiger partial charge in [-0.25, -0.2) is 4.79 Å². The van der Waals surface area contributed by atoms with Gasteiger partial charge in [-0.15, -0.1) is 0 Å². The van der Waals surface area contributed by atoms with Gasteiger partial charge < -0.3 is 38.9 Å². The lowest BCUT2D eigenvalue weighted by Crippen LogP contribution is -2.47. The molecule has 133 heavy (non-hydrogen) atoms. The van der Waals surface area contributed by atoms with Gasteiger partial charge in [-0.05, 0) is 289 Å². The Labute approximate surface area is 780 Å². The summed E-state index contributed by atoms with van der Waals surface area (Å²) in [5.74, 6) is 32.2. The van der Waals surface area contributed by atoms with Crippen LogP contribution in [0.5, 0.6) is 0 Å². The molecule has 1 unspecified atom stereocenters. The van der Waals surface area contributed by atoms with Crippen LogP contribution in [0.2, 0.25) is 0 Å². The first kappa shape index (κ1) is 93.9. The van der Waals surface area contributed by atoms with E-state index >= 15 is 0 Å². The Bertz CT molecular complexity index is 6390. The molecule has 18 rings (SSSR count). The Kier molecular flexibility index (Phi) is 33.1. The van der Waals surface area contributed by atoms with Crippen LogP contribution in [0.4, 0.5) is 0 Å². The molecule has 11 aromatic carbocycles. The lowest BCUT2D eigenvalue weighted by Gasteiger charge is -2.34. The number of benzene rings is 11. The Morgan fingerprint density at radius 2 is 0.662 bits per heavy atom. The molecule has 5 amide bonds. The number of carbonyl (C=O) groups is 9. The van der Waals surface area contributed by atoms with Crippen molar-refractivity contribution in [3.05, 3.63) is 390 Å². The molecule has 0 radical (unpaired) electrons. The first-order valence-corrected chi connectivity index (χ1v) is 45.9. The normalized spacial score (nSPS) is 14.7. The highest BCUT2D eigenvalue weighted by Crippen LogP contribution is 2.33. The van der Waals surface area contributed by atoms with Gasteiger partial charge in [-0.1, -0.05) is 187 Å². The van der Waals surface area contributed by atoms with E-state index in [4.69, 9.17) is 9.47 Å². The number of nitrogens with zero attached hydrogens (tertiary/aromatic N) is 6. The number of piperidine rings is 1. The highest BCUT2D eigenvalue weighted by Gasteiger charge is 2.35. The Morgan fingerprint density at radius 1 is 0.346 bits per heavy atom. The summed E-state index contributed by atoms with van der Waals surface area (Å²) in [6.07, 6.45) is 9.36. The molecule has 6 aliphatic heterocycles. The summed E-state index contributed by atoms with van der Waals surface area (Å²) >= 11 is 0. The molecule has 17 heteroatoms. The minimum atomic E-state index is -0.576. The third-order valence-electron chi connectivity index (χ3n) is 24.2. The molecular weight excluding hydrogens is 1650 g/mol. The van der Waals surface area contributed by atoms with Gasteiger partial charge in [0, 0.05) is 136 Å². The average Bonchev–Trinajstić information content (AvgIpc) is 1.69. The predicted octanol–water partition coefficient (Wildman–Crippen LogP) is 16.8. The number of fused-ring (bicyclic) bond motifs is 5. The highest BCUT2D eigenvalue weighted by molar-refractivity contribution is 6.02. The Morgan fingerprint density at radius 3 is 1.02 bits per heavy atom. The summed E-state index contributed by atoms with van der Waals surface area (Å²) in [6.45, 7) is 15.4. The number of hydrogen-bond acceptors (Lipinski definition) is 12. The fourth-order valence-corrected chi connectivity index (χ4v) is 16.5. The maximum Gasteiger partial charge on any atom is 0.328 e. The molecule has 11 aromatic rings. The number of ketones is 2. The number of hydrogen-bond donors (Lipinski definition) is 0. The maximum atomic E-state index is 12.9. The summed E-state index contributed by atoms with van der Waals surface area (Å²) in [4.78, 5) is 122. The molecular formula is C116H108N6O11. The number of amides is 5. The SMILES string of the molecule is CC(=O)CN1CCc2cc(C#Cc3ccccc3)ccc2C1=O.CC1CCN(CCN2CCc3cc(C#Cc4ccccc4)ccc3C2=O)CC1.CCOC(=O)C(C)N1CCc2cc(C#Cc3ccccc3)ccc2C1=O.O=C(CC1CC1)CN1CCc2cc(C#Cc3ccccc3)ccc2C1=O.O=C(CN1CCc2cc(C#Cc3ccccc3)ccc2C1=O)OCc1ccccc1. The van der Waals surface area contributed by atoms with Crippen LogP contribution in [0.1, 0.15) is 201 Å². The molecule has 2 fully saturated rings. The van der Waals surface area contributed by atoms with E-state index in [1.807, 2.05) is 260 Å². The van der Waals surface area contributed by atoms with E-state index in [9.17, 15) is 43.2 Å². The molecule has 1 atom stereocenters. The Balaban J connectivity index is 0.000000134. The molecule has 17 nitrogen and oxygen atoms in total. The van der Waals surface area contributed by atoms with Crippen LogP contribution < -0.4 is 0 Å². The molecule has 668 valence electrons. The molecule has 1 saturated carbocycles. The first-order valence-electron chi connectivity index (χ1n) is 45.9. The molecule has 6 heterocycles. The summed E-state index contributed by atoms with van der Waals surface area (Å²) in [5.41, 5.74) is 18.9. The fourth-order valence-electron chi connectivity index (χ4n) is 16.5. The number of esters is 2. The van der Waals surface area contributed by atoms with Crippen LogP contribution in [-0.2, 0) is 67.4 Å². The van der Waals surface area contributed by atoms with Gasteiger partial charge in [0.05, 0.1) is 19.7 Å². The second-order valence-corrected chi connectivity index (χ2v) is 34.1. The van der Waals surface area contributed by atoms with Gasteiger partial charge >= 0.3 is 11.9 Å². The van der Waals surface area contributed by atoms with E-state index in [0.717, 1.165) is 152 Å². The van der Waals surface area contributed by atoms with Gasteiger partial charge in [0.1, 0.15) is 25.0 Å². The second-order valence-electron chi connectivity index (χ2n) is 34.1. The maximum absolute atomic E-state index is 12.9. The lowest BCUT2D eigenvalue weighted by atomic mass is 9.95. The standard InChI is InChI=1S/C26H21NO3.C25H28N2O.C23H21NO2.C22H21NO3.C20H17NO2/c28-25(30-19-22-9-5-2-6-10-22)18-27-16-15-23-17-21(13-14-24(23)26(27)29)12-11-20-7-3-1-4-8-20;1-20-11-14-26(15-12-20)17-18-27-16-13-23-19-22(9-10-24(23)25(27)28)8-7-21-5-3-2-4-6-21;25-21(15-19-8-9-19)16-24-13-12-20-14-18(10-11-22(20)23(24)26)7-6-17-4-2-1-3-5-17;1-3-26-22(25)16(2)23-14-13-19-15-18(11-12-20(19)21(23)24)10-9-17-7-5-4-6-8-17;1-15(22)14-21-12-11-18-13-17(9-10-19(18)20(21)23)8-7-16-5-3-2-4-6-16/h1-10,13-14,17H,15-16,18-19H2;2-6,9-10,19-20H,11-18H2,1H3;1-5,10-11,14,19H,8-9,12-13,15-16H2;4-8,11-12,15-16H,3,13-14H2,1-2H3;2-6,9-10,13H,11-12,14H2,1H3. The van der Waals surface area contributed by atoms with Gasteiger partial charge in [0.2, 0.25) is 0 Å². The van der Waals surface area contributed by atoms with E-state index in [1.165, 1.54) is 32.9 Å².